The van der Waals surface area contributed by atoms with Crippen LogP contribution in [0.3, 0.4) is 0 Å². The lowest BCUT2D eigenvalue weighted by molar-refractivity contribution is -0.0158. The number of hydrogen-bond donors (Lipinski definition) is 2. The van der Waals surface area contributed by atoms with Gasteiger partial charge in [-0.05, 0) is 91.7 Å². The van der Waals surface area contributed by atoms with Gasteiger partial charge in [0.05, 0.1) is 11.8 Å². The van der Waals surface area contributed by atoms with Crippen molar-refractivity contribution >= 4 is 6.08 Å². The maximum Gasteiger partial charge on any atom is 0.115 e. The Morgan fingerprint density at radius 1 is 1.29 bits per heavy atom. The van der Waals surface area contributed by atoms with Crippen LogP contribution in [0.5, 0.6) is 5.75 Å². The SMILES string of the molecule is Cc1nn(C)cc1/C=C1\C[C@H]2[C@H]3CCc4cc(O)ccc4[C@@H]3CC[C@]2(C)[C@@H]1O. The van der Waals surface area contributed by atoms with Gasteiger partial charge in [-0.3, -0.25) is 4.68 Å². The number of phenols is 1. The topological polar surface area (TPSA) is 58.3 Å². The molecule has 5 atom stereocenters. The largest absolute Gasteiger partial charge is 0.508 e. The molecule has 4 nitrogen and oxygen atoms in total. The fourth-order valence-electron chi connectivity index (χ4n) is 6.53. The van der Waals surface area contributed by atoms with Crippen molar-refractivity contribution in [3.8, 4) is 5.75 Å². The maximum atomic E-state index is 11.3. The van der Waals surface area contributed by atoms with E-state index in [1.54, 1.807) is 0 Å². The van der Waals surface area contributed by atoms with Crippen LogP contribution in [-0.2, 0) is 13.5 Å². The first-order valence-corrected chi connectivity index (χ1v) is 10.6. The van der Waals surface area contributed by atoms with E-state index in [4.69, 9.17) is 0 Å². The Labute approximate surface area is 166 Å². The summed E-state index contributed by atoms with van der Waals surface area (Å²) in [6, 6.07) is 5.94. The third-order valence-electron chi connectivity index (χ3n) is 7.97. The quantitative estimate of drug-likeness (QED) is 0.776. The zero-order valence-corrected chi connectivity index (χ0v) is 17.0. The maximum absolute atomic E-state index is 11.3. The van der Waals surface area contributed by atoms with Gasteiger partial charge in [0.2, 0.25) is 0 Å². The Hall–Kier alpha value is -2.07. The first-order valence-electron chi connectivity index (χ1n) is 10.6. The van der Waals surface area contributed by atoms with Gasteiger partial charge in [-0.1, -0.05) is 13.0 Å². The van der Waals surface area contributed by atoms with Crippen molar-refractivity contribution in [2.45, 2.75) is 58.0 Å². The fourth-order valence-corrected chi connectivity index (χ4v) is 6.53. The molecule has 0 radical (unpaired) electrons. The van der Waals surface area contributed by atoms with E-state index in [1.807, 2.05) is 37.0 Å². The molecule has 148 valence electrons. The molecule has 1 heterocycles. The van der Waals surface area contributed by atoms with Crippen LogP contribution in [0.25, 0.3) is 6.08 Å². The summed E-state index contributed by atoms with van der Waals surface area (Å²) in [5.74, 6) is 2.08. The number of aliphatic hydroxyl groups excluding tert-OH is 1. The van der Waals surface area contributed by atoms with E-state index >= 15 is 0 Å². The summed E-state index contributed by atoms with van der Waals surface area (Å²) in [6.07, 6.45) is 9.25. The molecule has 3 aliphatic carbocycles. The van der Waals surface area contributed by atoms with Crippen molar-refractivity contribution in [3.05, 3.63) is 52.4 Å². The summed E-state index contributed by atoms with van der Waals surface area (Å²) >= 11 is 0. The zero-order chi connectivity index (χ0) is 19.6. The molecule has 0 aliphatic heterocycles. The van der Waals surface area contributed by atoms with Crippen molar-refractivity contribution < 1.29 is 10.2 Å². The van der Waals surface area contributed by atoms with Gasteiger partial charge in [-0.15, -0.1) is 0 Å². The standard InChI is InChI=1S/C24H30N2O2/c1-14-17(13-26(3)25-14)10-16-12-22-21-6-4-15-11-18(27)5-7-19(15)20(21)8-9-24(22,2)23(16)28/h5,7,10-11,13,20-23,27-28H,4,6,8-9,12H2,1-3H3/b16-10+/t20-,21-,22-,23+,24-/m0/s1. The predicted octanol–water partition coefficient (Wildman–Crippen LogP) is 4.34. The van der Waals surface area contributed by atoms with Crippen LogP contribution < -0.4 is 0 Å². The molecule has 4 heteroatoms. The van der Waals surface area contributed by atoms with Gasteiger partial charge in [-0.2, -0.15) is 5.10 Å². The third kappa shape index (κ3) is 2.57. The normalized spacial score (nSPS) is 35.5. The summed E-state index contributed by atoms with van der Waals surface area (Å²) in [5.41, 5.74) is 6.06. The van der Waals surface area contributed by atoms with Crippen molar-refractivity contribution in [2.24, 2.45) is 24.3 Å². The van der Waals surface area contributed by atoms with Gasteiger partial charge in [0, 0.05) is 24.2 Å². The van der Waals surface area contributed by atoms with E-state index in [-0.39, 0.29) is 11.5 Å². The first kappa shape index (κ1) is 18.0. The number of hydrogen-bond acceptors (Lipinski definition) is 3. The van der Waals surface area contributed by atoms with Crippen LogP contribution in [0.2, 0.25) is 0 Å². The molecular weight excluding hydrogens is 348 g/mol. The van der Waals surface area contributed by atoms with Crippen LogP contribution in [0.1, 0.15) is 60.9 Å². The van der Waals surface area contributed by atoms with Crippen LogP contribution in [0.4, 0.5) is 0 Å². The minimum Gasteiger partial charge on any atom is -0.508 e. The molecule has 2 N–H and O–H groups in total. The molecular formula is C24H30N2O2. The van der Waals surface area contributed by atoms with Crippen molar-refractivity contribution in [3.63, 3.8) is 0 Å². The third-order valence-corrected chi connectivity index (χ3v) is 7.97. The molecule has 0 spiro atoms. The number of rotatable bonds is 1. The fraction of sp³-hybridized carbons (Fsp3) is 0.542. The van der Waals surface area contributed by atoms with E-state index in [9.17, 15) is 10.2 Å². The molecule has 0 bridgehead atoms. The lowest BCUT2D eigenvalue weighted by Crippen LogP contribution is -2.44. The smallest absolute Gasteiger partial charge is 0.115 e. The zero-order valence-electron chi connectivity index (χ0n) is 17.0. The molecule has 2 fully saturated rings. The highest BCUT2D eigenvalue weighted by atomic mass is 16.3. The number of aromatic hydroxyl groups is 1. The van der Waals surface area contributed by atoms with Crippen LogP contribution in [0.15, 0.2) is 30.0 Å². The second-order valence-corrected chi connectivity index (χ2v) is 9.51. The summed E-state index contributed by atoms with van der Waals surface area (Å²) in [6.45, 7) is 4.34. The highest BCUT2D eigenvalue weighted by molar-refractivity contribution is 5.57. The average Bonchev–Trinajstić information content (AvgIpc) is 3.11. The van der Waals surface area contributed by atoms with E-state index in [0.717, 1.165) is 43.4 Å². The second kappa shape index (κ2) is 6.21. The molecule has 5 rings (SSSR count). The van der Waals surface area contributed by atoms with Crippen molar-refractivity contribution in [2.75, 3.05) is 0 Å². The molecule has 0 saturated heterocycles. The van der Waals surface area contributed by atoms with Crippen molar-refractivity contribution in [1.29, 1.82) is 0 Å². The van der Waals surface area contributed by atoms with Gasteiger partial charge < -0.3 is 10.2 Å². The molecule has 1 aromatic carbocycles. The number of nitrogens with zero attached hydrogens (tertiary/aromatic N) is 2. The number of benzene rings is 1. The summed E-state index contributed by atoms with van der Waals surface area (Å²) in [5, 5.41) is 25.6. The Morgan fingerprint density at radius 3 is 2.86 bits per heavy atom. The molecule has 2 saturated carbocycles. The van der Waals surface area contributed by atoms with Gasteiger partial charge in [-0.25, -0.2) is 0 Å². The van der Waals surface area contributed by atoms with Crippen molar-refractivity contribution in [1.82, 2.24) is 9.78 Å². The van der Waals surface area contributed by atoms with Crippen LogP contribution >= 0.6 is 0 Å². The first-order chi connectivity index (χ1) is 13.4. The number of fused-ring (bicyclic) bond motifs is 5. The number of aromatic nitrogens is 2. The van der Waals surface area contributed by atoms with Gasteiger partial charge >= 0.3 is 0 Å². The van der Waals surface area contributed by atoms with Gasteiger partial charge in [0.1, 0.15) is 5.75 Å². The second-order valence-electron chi connectivity index (χ2n) is 9.51. The monoisotopic (exact) mass is 378 g/mol. The number of aryl methyl sites for hydroxylation is 3. The molecule has 1 aromatic heterocycles. The number of phenolic OH excluding ortho intramolecular Hbond substituents is 1. The van der Waals surface area contributed by atoms with E-state index in [1.165, 1.54) is 16.7 Å². The predicted molar refractivity (Wildman–Crippen MR) is 110 cm³/mol. The van der Waals surface area contributed by atoms with E-state index < -0.39 is 0 Å². The lowest BCUT2D eigenvalue weighted by Gasteiger charge is -2.49. The van der Waals surface area contributed by atoms with E-state index in [0.29, 0.717) is 23.5 Å². The lowest BCUT2D eigenvalue weighted by atomic mass is 9.55. The number of aliphatic hydroxyl groups is 1. The molecule has 2 aromatic rings. The average molecular weight is 379 g/mol. The molecule has 0 amide bonds. The summed E-state index contributed by atoms with van der Waals surface area (Å²) < 4.78 is 1.85. The summed E-state index contributed by atoms with van der Waals surface area (Å²) in [7, 11) is 1.95. The minimum atomic E-state index is -0.362. The Morgan fingerprint density at radius 2 is 2.11 bits per heavy atom. The molecule has 28 heavy (non-hydrogen) atoms. The van der Waals surface area contributed by atoms with Crippen LogP contribution in [0, 0.1) is 24.2 Å². The van der Waals surface area contributed by atoms with Crippen LogP contribution in [-0.4, -0.2) is 26.1 Å². The van der Waals surface area contributed by atoms with Gasteiger partial charge in [0.25, 0.3) is 0 Å². The molecule has 0 unspecified atom stereocenters. The highest BCUT2D eigenvalue weighted by Crippen LogP contribution is 2.62. The van der Waals surface area contributed by atoms with Gasteiger partial charge in [0.15, 0.2) is 0 Å². The molecule has 3 aliphatic rings. The Kier molecular flexibility index (Phi) is 3.99. The summed E-state index contributed by atoms with van der Waals surface area (Å²) in [4.78, 5) is 0. The highest BCUT2D eigenvalue weighted by Gasteiger charge is 2.56. The Bertz CT molecular complexity index is 960. The van der Waals surface area contributed by atoms with E-state index in [2.05, 4.69) is 24.2 Å². The Balaban J connectivity index is 1.49. The minimum absolute atomic E-state index is 0.0302.